The van der Waals surface area contributed by atoms with Gasteiger partial charge in [0.15, 0.2) is 0 Å². The summed E-state index contributed by atoms with van der Waals surface area (Å²) in [6.07, 6.45) is 2.25. The number of aromatic nitrogens is 3. The lowest BCUT2D eigenvalue weighted by molar-refractivity contribution is 0.405. The number of thiophene rings is 1. The fourth-order valence-corrected chi connectivity index (χ4v) is 6.47. The normalized spacial score (nSPS) is 11.9. The summed E-state index contributed by atoms with van der Waals surface area (Å²) in [5.74, 6) is -1.76. The lowest BCUT2D eigenvalue weighted by Crippen LogP contribution is -2.39. The van der Waals surface area contributed by atoms with Crippen molar-refractivity contribution in [2.75, 3.05) is 37.4 Å². The smallest absolute Gasteiger partial charge is 0.338 e. The van der Waals surface area contributed by atoms with E-state index in [0.29, 0.717) is 22.7 Å². The molecule has 0 saturated carbocycles. The van der Waals surface area contributed by atoms with Crippen molar-refractivity contribution in [2.45, 2.75) is 13.1 Å². The summed E-state index contributed by atoms with van der Waals surface area (Å²) in [6.45, 7) is -0.182. The molecular weight excluding hydrogens is 598 g/mol. The van der Waals surface area contributed by atoms with Gasteiger partial charge in [0.1, 0.15) is 22.3 Å². The topological polar surface area (TPSA) is 124 Å². The van der Waals surface area contributed by atoms with E-state index in [-0.39, 0.29) is 27.3 Å². The molecule has 3 aromatic heterocycles. The third-order valence-electron chi connectivity index (χ3n) is 6.92. The molecule has 43 heavy (non-hydrogen) atoms. The first-order valence-electron chi connectivity index (χ1n) is 12.9. The number of fused-ring (bicyclic) bond motifs is 1. The predicted octanol–water partition coefficient (Wildman–Crippen LogP) is 3.64. The van der Waals surface area contributed by atoms with Crippen molar-refractivity contribution in [1.82, 2.24) is 19.0 Å². The number of halogens is 2. The van der Waals surface area contributed by atoms with Crippen LogP contribution in [0.4, 0.5) is 20.2 Å². The molecule has 10 nitrogen and oxygen atoms in total. The van der Waals surface area contributed by atoms with E-state index in [1.54, 1.807) is 24.3 Å². The lowest BCUT2D eigenvalue weighted by Gasteiger charge is -2.17. The summed E-state index contributed by atoms with van der Waals surface area (Å²) in [5.41, 5.74) is 6.15. The molecule has 0 aliphatic heterocycles. The predicted molar refractivity (Wildman–Crippen MR) is 165 cm³/mol. The molecule has 0 aliphatic rings. The van der Waals surface area contributed by atoms with Crippen molar-refractivity contribution in [2.24, 2.45) is 0 Å². The van der Waals surface area contributed by atoms with Crippen LogP contribution in [0.5, 0.6) is 0 Å². The Morgan fingerprint density at radius 2 is 1.60 bits per heavy atom. The molecule has 224 valence electrons. The summed E-state index contributed by atoms with van der Waals surface area (Å²) in [7, 11) is 1.41. The van der Waals surface area contributed by atoms with E-state index in [1.165, 1.54) is 47.3 Å². The molecular formula is C29H28F2N6O4S2. The molecule has 2 aromatic carbocycles. The average molecular weight is 627 g/mol. The summed E-state index contributed by atoms with van der Waals surface area (Å²) in [4.78, 5) is 35.3. The highest BCUT2D eigenvalue weighted by Crippen LogP contribution is 2.38. The fourth-order valence-electron chi connectivity index (χ4n) is 4.67. The first kappa shape index (κ1) is 30.1. The highest BCUT2D eigenvalue weighted by molar-refractivity contribution is 7.92. The number of pyridine rings is 1. The summed E-state index contributed by atoms with van der Waals surface area (Å²) in [6, 6.07) is 13.2. The molecule has 5 rings (SSSR count). The van der Waals surface area contributed by atoms with Gasteiger partial charge in [0.2, 0.25) is 10.0 Å². The quantitative estimate of drug-likeness (QED) is 0.261. The lowest BCUT2D eigenvalue weighted by atomic mass is 10.1. The van der Waals surface area contributed by atoms with Crippen LogP contribution in [0.15, 0.2) is 70.4 Å². The number of anilines is 2. The van der Waals surface area contributed by atoms with Gasteiger partial charge in [0, 0.05) is 29.7 Å². The molecule has 0 unspecified atom stereocenters. The van der Waals surface area contributed by atoms with E-state index >= 15 is 0 Å². The highest BCUT2D eigenvalue weighted by atomic mass is 32.2. The second kappa shape index (κ2) is 11.4. The molecule has 0 atom stereocenters. The number of rotatable bonds is 8. The standard InChI is InChI=1S/C29H28F2N6O4S2/c1-34(2)15-21-25-27(38)37(24-13-12-19(14-33-24)35(3)43(4,40)41)29(39)36(16-20-22(30)6-5-7-23(20)31)28(25)42-26(21)17-8-10-18(32)11-9-17/h5-14H,15-16,32H2,1-4H3. The highest BCUT2D eigenvalue weighted by Gasteiger charge is 2.26. The Kier molecular flexibility index (Phi) is 7.94. The first-order chi connectivity index (χ1) is 20.3. The van der Waals surface area contributed by atoms with E-state index in [2.05, 4.69) is 4.98 Å². The van der Waals surface area contributed by atoms with Crippen LogP contribution in [0.3, 0.4) is 0 Å². The average Bonchev–Trinajstić information content (AvgIpc) is 3.31. The van der Waals surface area contributed by atoms with Crippen molar-refractivity contribution >= 4 is 43.0 Å². The Morgan fingerprint density at radius 1 is 0.953 bits per heavy atom. The number of benzene rings is 2. The van der Waals surface area contributed by atoms with E-state index in [1.807, 2.05) is 19.0 Å². The molecule has 5 aromatic rings. The number of sulfonamides is 1. The van der Waals surface area contributed by atoms with Gasteiger partial charge in [-0.1, -0.05) is 18.2 Å². The van der Waals surface area contributed by atoms with Crippen LogP contribution >= 0.6 is 11.3 Å². The van der Waals surface area contributed by atoms with Crippen molar-refractivity contribution in [3.8, 4) is 16.3 Å². The van der Waals surface area contributed by atoms with Crippen LogP contribution < -0.4 is 21.3 Å². The third kappa shape index (κ3) is 5.68. The molecule has 2 N–H and O–H groups in total. The summed E-state index contributed by atoms with van der Waals surface area (Å²) < 4.78 is 56.7. The Morgan fingerprint density at radius 3 is 2.16 bits per heavy atom. The Balaban J connectivity index is 1.85. The number of nitrogens with two attached hydrogens (primary N) is 1. The van der Waals surface area contributed by atoms with Gasteiger partial charge in [-0.05, 0) is 61.6 Å². The number of hydrogen-bond donors (Lipinski definition) is 1. The van der Waals surface area contributed by atoms with Crippen molar-refractivity contribution in [3.05, 3.63) is 104 Å². The molecule has 3 heterocycles. The van der Waals surface area contributed by atoms with Crippen molar-refractivity contribution in [1.29, 1.82) is 0 Å². The van der Waals surface area contributed by atoms with E-state index < -0.39 is 39.5 Å². The van der Waals surface area contributed by atoms with E-state index in [0.717, 1.165) is 32.8 Å². The molecule has 0 bridgehead atoms. The molecule has 0 radical (unpaired) electrons. The fraction of sp³-hybridized carbons (Fsp3) is 0.207. The molecule has 0 saturated heterocycles. The summed E-state index contributed by atoms with van der Waals surface area (Å²) in [5, 5.41) is 0.195. The van der Waals surface area contributed by atoms with Gasteiger partial charge >= 0.3 is 5.69 Å². The minimum Gasteiger partial charge on any atom is -0.399 e. The summed E-state index contributed by atoms with van der Waals surface area (Å²) >= 11 is 1.17. The van der Waals surface area contributed by atoms with Crippen LogP contribution in [0.1, 0.15) is 11.1 Å². The van der Waals surface area contributed by atoms with E-state index in [9.17, 15) is 26.8 Å². The first-order valence-corrected chi connectivity index (χ1v) is 15.6. The van der Waals surface area contributed by atoms with Crippen LogP contribution in [0.2, 0.25) is 0 Å². The number of hydrogen-bond acceptors (Lipinski definition) is 8. The molecule has 0 aliphatic carbocycles. The zero-order chi connectivity index (χ0) is 31.2. The van der Waals surface area contributed by atoms with Gasteiger partial charge in [-0.25, -0.2) is 31.5 Å². The van der Waals surface area contributed by atoms with Gasteiger partial charge < -0.3 is 10.6 Å². The Bertz CT molecular complexity index is 2050. The zero-order valence-corrected chi connectivity index (χ0v) is 25.3. The van der Waals surface area contributed by atoms with Gasteiger partial charge in [-0.2, -0.15) is 0 Å². The van der Waals surface area contributed by atoms with Gasteiger partial charge in [0.05, 0.1) is 30.1 Å². The van der Waals surface area contributed by atoms with Crippen LogP contribution in [-0.4, -0.2) is 54.8 Å². The maximum Gasteiger partial charge on any atom is 0.338 e. The maximum atomic E-state index is 14.8. The SMILES string of the molecule is CN(C)Cc1c(-c2ccc(N)cc2)sc2c1c(=O)n(-c1ccc(N(C)S(C)(=O)=O)cn1)c(=O)n2Cc1c(F)cccc1F. The van der Waals surface area contributed by atoms with Crippen LogP contribution in [0, 0.1) is 11.6 Å². The van der Waals surface area contributed by atoms with Crippen LogP contribution in [0.25, 0.3) is 26.5 Å². The second-order valence-corrected chi connectivity index (χ2v) is 13.3. The minimum atomic E-state index is -3.59. The Labute approximate surface area is 249 Å². The molecule has 0 spiro atoms. The maximum absolute atomic E-state index is 14.8. The number of nitrogen functional groups attached to an aromatic ring is 1. The van der Waals surface area contributed by atoms with Crippen molar-refractivity contribution < 1.29 is 17.2 Å². The molecule has 14 heteroatoms. The molecule has 0 amide bonds. The zero-order valence-electron chi connectivity index (χ0n) is 23.7. The molecule has 0 fully saturated rings. The van der Waals surface area contributed by atoms with Gasteiger partial charge in [-0.15, -0.1) is 11.3 Å². The second-order valence-electron chi connectivity index (χ2n) is 10.3. The monoisotopic (exact) mass is 626 g/mol. The number of nitrogens with zero attached hydrogens (tertiary/aromatic N) is 5. The minimum absolute atomic E-state index is 0.0821. The van der Waals surface area contributed by atoms with Gasteiger partial charge in [-0.3, -0.25) is 13.7 Å². The third-order valence-corrected chi connectivity index (χ3v) is 9.43. The largest absolute Gasteiger partial charge is 0.399 e. The van der Waals surface area contributed by atoms with E-state index in [4.69, 9.17) is 5.73 Å². The van der Waals surface area contributed by atoms with Crippen molar-refractivity contribution in [3.63, 3.8) is 0 Å². The van der Waals surface area contributed by atoms with Crippen LogP contribution in [-0.2, 0) is 23.1 Å². The van der Waals surface area contributed by atoms with Gasteiger partial charge in [0.25, 0.3) is 5.56 Å². The Hall–Kier alpha value is -4.40.